The van der Waals surface area contributed by atoms with Gasteiger partial charge in [0.1, 0.15) is 17.6 Å². The molecule has 3 rings (SSSR count). The minimum atomic E-state index is -1.15. The first-order valence-corrected chi connectivity index (χ1v) is 14.4. The van der Waals surface area contributed by atoms with Gasteiger partial charge < -0.3 is 24.4 Å². The number of nitrogens with zero attached hydrogens (tertiary/aromatic N) is 2. The van der Waals surface area contributed by atoms with E-state index in [1.165, 1.54) is 0 Å². The molecule has 7 atom stereocenters. The Labute approximate surface area is 228 Å². The molecular weight excluding hydrogens is 484 g/mol. The number of carbonyl (C=O) groups excluding carboxylic acids is 3. The number of allylic oxidation sites excluding steroid dienone is 1. The van der Waals surface area contributed by atoms with Crippen molar-refractivity contribution in [3.8, 4) is 0 Å². The summed E-state index contributed by atoms with van der Waals surface area (Å²) < 4.78 is 12.4. The van der Waals surface area contributed by atoms with Crippen molar-refractivity contribution in [2.75, 3.05) is 26.3 Å². The van der Waals surface area contributed by atoms with Gasteiger partial charge in [0, 0.05) is 13.1 Å². The Kier molecular flexibility index (Phi) is 9.85. The second kappa shape index (κ2) is 12.3. The standard InChI is InChI=1S/C30H48N2O6/c1-8-11-13-16-31(15-10-3)27(35)25-30-18-21(6)29(7,38-30)24(28(36)37-17-14-12-9-2)23(30)26(34)32(25)22(19-33)20(4)5/h9-10,20-25,33H,2-3,8,11-19H2,1,4-7H3/t21?,22-,23-,24+,25?,29-,30?/m0/s1. The molecule has 0 aliphatic carbocycles. The van der Waals surface area contributed by atoms with Crippen LogP contribution in [0.1, 0.15) is 73.1 Å². The number of rotatable bonds is 15. The van der Waals surface area contributed by atoms with Crippen LogP contribution in [-0.4, -0.2) is 82.3 Å². The highest BCUT2D eigenvalue weighted by atomic mass is 16.6. The van der Waals surface area contributed by atoms with Crippen molar-refractivity contribution in [3.05, 3.63) is 25.3 Å². The zero-order chi connectivity index (χ0) is 28.3. The molecule has 3 unspecified atom stereocenters. The molecule has 1 spiro atoms. The van der Waals surface area contributed by atoms with Crippen LogP contribution in [0.25, 0.3) is 0 Å². The van der Waals surface area contributed by atoms with E-state index in [4.69, 9.17) is 9.47 Å². The summed E-state index contributed by atoms with van der Waals surface area (Å²) in [6.07, 6.45) is 8.19. The fraction of sp³-hybridized carbons (Fsp3) is 0.767. The molecule has 3 saturated heterocycles. The highest BCUT2D eigenvalue weighted by Crippen LogP contribution is 2.65. The van der Waals surface area contributed by atoms with E-state index in [0.29, 0.717) is 25.9 Å². The van der Waals surface area contributed by atoms with Crippen molar-refractivity contribution < 1.29 is 29.0 Å². The molecule has 3 aliphatic rings. The van der Waals surface area contributed by atoms with Crippen molar-refractivity contribution in [1.82, 2.24) is 9.80 Å². The van der Waals surface area contributed by atoms with Gasteiger partial charge >= 0.3 is 5.97 Å². The van der Waals surface area contributed by atoms with Crippen LogP contribution in [0.3, 0.4) is 0 Å². The normalized spacial score (nSPS) is 32.4. The molecule has 2 amide bonds. The molecule has 3 heterocycles. The Morgan fingerprint density at radius 2 is 1.97 bits per heavy atom. The van der Waals surface area contributed by atoms with E-state index >= 15 is 0 Å². The zero-order valence-corrected chi connectivity index (χ0v) is 24.0. The molecule has 0 aromatic carbocycles. The minimum absolute atomic E-state index is 0.0629. The van der Waals surface area contributed by atoms with E-state index in [-0.39, 0.29) is 36.9 Å². The SMILES string of the molecule is C=CCCCOC(=O)[C@H]1[C@H]2C(=O)N([C@@H](CO)C(C)C)C(C(=O)N(CC=C)CCCCC)C23CC(C)[C@]1(C)O3. The zero-order valence-electron chi connectivity index (χ0n) is 24.0. The van der Waals surface area contributed by atoms with Gasteiger partial charge in [0.2, 0.25) is 11.8 Å². The second-order valence-corrected chi connectivity index (χ2v) is 11.8. The van der Waals surface area contributed by atoms with Crippen LogP contribution in [-0.2, 0) is 23.9 Å². The predicted molar refractivity (Wildman–Crippen MR) is 146 cm³/mol. The summed E-state index contributed by atoms with van der Waals surface area (Å²) in [7, 11) is 0. The van der Waals surface area contributed by atoms with Crippen molar-refractivity contribution in [1.29, 1.82) is 0 Å². The van der Waals surface area contributed by atoms with E-state index in [0.717, 1.165) is 25.7 Å². The number of fused-ring (bicyclic) bond motifs is 1. The van der Waals surface area contributed by atoms with Gasteiger partial charge in [0.15, 0.2) is 0 Å². The van der Waals surface area contributed by atoms with E-state index in [1.54, 1.807) is 22.0 Å². The average molecular weight is 533 g/mol. The van der Waals surface area contributed by atoms with Crippen LogP contribution in [0.15, 0.2) is 25.3 Å². The van der Waals surface area contributed by atoms with Gasteiger partial charge in [-0.25, -0.2) is 0 Å². The van der Waals surface area contributed by atoms with Crippen LogP contribution in [0.5, 0.6) is 0 Å². The molecule has 2 bridgehead atoms. The lowest BCUT2D eigenvalue weighted by Gasteiger charge is -2.40. The van der Waals surface area contributed by atoms with Crippen molar-refractivity contribution >= 4 is 17.8 Å². The average Bonchev–Trinajstić information content (AvgIpc) is 3.38. The second-order valence-electron chi connectivity index (χ2n) is 11.8. The molecule has 0 aromatic rings. The van der Waals surface area contributed by atoms with Crippen LogP contribution < -0.4 is 0 Å². The summed E-state index contributed by atoms with van der Waals surface area (Å²) in [5.74, 6) is -2.77. The number of hydrogen-bond acceptors (Lipinski definition) is 6. The molecule has 0 radical (unpaired) electrons. The fourth-order valence-corrected chi connectivity index (χ4v) is 6.95. The van der Waals surface area contributed by atoms with Crippen LogP contribution in [0.4, 0.5) is 0 Å². The third kappa shape index (κ3) is 5.06. The lowest BCUT2D eigenvalue weighted by atomic mass is 9.62. The molecule has 214 valence electrons. The Morgan fingerprint density at radius 1 is 1.26 bits per heavy atom. The molecule has 0 aromatic heterocycles. The Bertz CT molecular complexity index is 905. The fourth-order valence-electron chi connectivity index (χ4n) is 6.95. The number of unbranched alkanes of at least 4 members (excludes halogenated alkanes) is 3. The molecule has 8 nitrogen and oxygen atoms in total. The Balaban J connectivity index is 2.07. The van der Waals surface area contributed by atoms with Crippen molar-refractivity contribution in [2.24, 2.45) is 23.7 Å². The van der Waals surface area contributed by atoms with Gasteiger partial charge in [-0.1, -0.05) is 52.7 Å². The lowest BCUT2D eigenvalue weighted by molar-refractivity contribution is -0.164. The quantitative estimate of drug-likeness (QED) is 0.196. The number of ether oxygens (including phenoxy) is 2. The third-order valence-electron chi connectivity index (χ3n) is 9.04. The predicted octanol–water partition coefficient (Wildman–Crippen LogP) is 3.73. The Hall–Kier alpha value is -2.19. The molecule has 38 heavy (non-hydrogen) atoms. The maximum atomic E-state index is 14.4. The summed E-state index contributed by atoms with van der Waals surface area (Å²) in [5, 5.41) is 10.4. The van der Waals surface area contributed by atoms with E-state index in [9.17, 15) is 19.5 Å². The lowest BCUT2D eigenvalue weighted by Crippen LogP contribution is -2.59. The summed E-state index contributed by atoms with van der Waals surface area (Å²) >= 11 is 0. The number of aliphatic hydroxyl groups is 1. The summed E-state index contributed by atoms with van der Waals surface area (Å²) in [4.78, 5) is 45.5. The first-order valence-electron chi connectivity index (χ1n) is 14.4. The number of amides is 2. The molecule has 1 N–H and O–H groups in total. The summed E-state index contributed by atoms with van der Waals surface area (Å²) in [6, 6.07) is -1.50. The maximum absolute atomic E-state index is 14.4. The largest absolute Gasteiger partial charge is 0.465 e. The van der Waals surface area contributed by atoms with Crippen molar-refractivity contribution in [2.45, 2.75) is 96.4 Å². The number of hydrogen-bond donors (Lipinski definition) is 1. The van der Waals surface area contributed by atoms with Crippen LogP contribution in [0, 0.1) is 23.7 Å². The highest BCUT2D eigenvalue weighted by molar-refractivity contribution is 5.98. The summed E-state index contributed by atoms with van der Waals surface area (Å²) in [6.45, 7) is 18.3. The summed E-state index contributed by atoms with van der Waals surface area (Å²) in [5.41, 5.74) is -2.07. The van der Waals surface area contributed by atoms with Crippen LogP contribution >= 0.6 is 0 Å². The highest BCUT2D eigenvalue weighted by Gasteiger charge is 2.80. The van der Waals surface area contributed by atoms with Gasteiger partial charge in [-0.15, -0.1) is 13.2 Å². The van der Waals surface area contributed by atoms with E-state index in [2.05, 4.69) is 20.1 Å². The number of likely N-dealkylation sites (tertiary alicyclic amines) is 1. The number of esters is 1. The van der Waals surface area contributed by atoms with E-state index < -0.39 is 41.1 Å². The Morgan fingerprint density at radius 3 is 2.55 bits per heavy atom. The first kappa shape index (κ1) is 30.4. The number of carbonyl (C=O) groups is 3. The monoisotopic (exact) mass is 532 g/mol. The number of aliphatic hydroxyl groups excluding tert-OH is 1. The first-order chi connectivity index (χ1) is 18.0. The topological polar surface area (TPSA) is 96.4 Å². The maximum Gasteiger partial charge on any atom is 0.312 e. The molecular formula is C30H48N2O6. The van der Waals surface area contributed by atoms with E-state index in [1.807, 2.05) is 27.7 Å². The van der Waals surface area contributed by atoms with Gasteiger partial charge in [-0.3, -0.25) is 14.4 Å². The minimum Gasteiger partial charge on any atom is -0.465 e. The molecule has 3 aliphatic heterocycles. The molecule has 0 saturated carbocycles. The van der Waals surface area contributed by atoms with Crippen LogP contribution in [0.2, 0.25) is 0 Å². The van der Waals surface area contributed by atoms with Gasteiger partial charge in [-0.05, 0) is 44.4 Å². The van der Waals surface area contributed by atoms with Gasteiger partial charge in [0.05, 0.1) is 30.8 Å². The third-order valence-corrected chi connectivity index (χ3v) is 9.04. The van der Waals surface area contributed by atoms with Crippen molar-refractivity contribution in [3.63, 3.8) is 0 Å². The smallest absolute Gasteiger partial charge is 0.312 e. The molecule has 3 fully saturated rings. The van der Waals surface area contributed by atoms with Gasteiger partial charge in [-0.2, -0.15) is 0 Å². The molecule has 8 heteroatoms. The van der Waals surface area contributed by atoms with Gasteiger partial charge in [0.25, 0.3) is 0 Å².